The van der Waals surface area contributed by atoms with Crippen LogP contribution in [0.25, 0.3) is 55.0 Å². The average Bonchev–Trinajstić information content (AvgIpc) is 3.47. The standard InChI is InChI=1S/C40H27NO/c1-4-13-28(14-5-1)29-23-25-33(26-24-29)41(32-18-8-3-9-19-32)37-22-12-21-35-38-34-20-11-10-17-31(34)27-36(40(38)42-39(35)37)30-15-6-2-7-16-30/h1-27H. The van der Waals surface area contributed by atoms with Gasteiger partial charge in [0.1, 0.15) is 5.58 Å². The minimum atomic E-state index is 0.872. The molecule has 0 radical (unpaired) electrons. The Labute approximate surface area is 244 Å². The van der Waals surface area contributed by atoms with Crippen molar-refractivity contribution in [1.82, 2.24) is 0 Å². The Morgan fingerprint density at radius 2 is 0.976 bits per heavy atom. The van der Waals surface area contributed by atoms with E-state index in [0.29, 0.717) is 0 Å². The van der Waals surface area contributed by atoms with E-state index in [9.17, 15) is 0 Å². The fourth-order valence-electron chi connectivity index (χ4n) is 6.08. The van der Waals surface area contributed by atoms with Crippen LogP contribution in [0.3, 0.4) is 0 Å². The van der Waals surface area contributed by atoms with Gasteiger partial charge in [0.2, 0.25) is 0 Å². The van der Waals surface area contributed by atoms with Gasteiger partial charge in [-0.05, 0) is 63.9 Å². The number of furan rings is 1. The highest BCUT2D eigenvalue weighted by molar-refractivity contribution is 6.24. The molecule has 1 heterocycles. The first-order valence-corrected chi connectivity index (χ1v) is 14.3. The van der Waals surface area contributed by atoms with Crippen LogP contribution in [0.15, 0.2) is 168 Å². The number of nitrogens with zero attached hydrogens (tertiary/aromatic N) is 1. The predicted molar refractivity (Wildman–Crippen MR) is 177 cm³/mol. The molecule has 42 heavy (non-hydrogen) atoms. The van der Waals surface area contributed by atoms with Gasteiger partial charge in [0.15, 0.2) is 5.58 Å². The summed E-state index contributed by atoms with van der Waals surface area (Å²) >= 11 is 0. The number of hydrogen-bond acceptors (Lipinski definition) is 2. The Morgan fingerprint density at radius 1 is 0.405 bits per heavy atom. The second-order valence-electron chi connectivity index (χ2n) is 10.6. The molecule has 0 amide bonds. The topological polar surface area (TPSA) is 16.4 Å². The van der Waals surface area contributed by atoms with E-state index >= 15 is 0 Å². The number of hydrogen-bond donors (Lipinski definition) is 0. The molecule has 0 fully saturated rings. The second-order valence-corrected chi connectivity index (χ2v) is 10.6. The summed E-state index contributed by atoms with van der Waals surface area (Å²) in [6, 6.07) is 57.7. The van der Waals surface area contributed by atoms with Gasteiger partial charge in [-0.15, -0.1) is 0 Å². The van der Waals surface area contributed by atoms with Gasteiger partial charge >= 0.3 is 0 Å². The molecular formula is C40H27NO. The number of anilines is 3. The van der Waals surface area contributed by atoms with Crippen LogP contribution in [-0.4, -0.2) is 0 Å². The molecule has 0 aliphatic rings. The maximum absolute atomic E-state index is 6.95. The molecule has 0 spiro atoms. The van der Waals surface area contributed by atoms with Crippen LogP contribution < -0.4 is 4.90 Å². The maximum atomic E-state index is 6.95. The van der Waals surface area contributed by atoms with Crippen molar-refractivity contribution in [1.29, 1.82) is 0 Å². The van der Waals surface area contributed by atoms with Gasteiger partial charge in [0.05, 0.1) is 5.69 Å². The van der Waals surface area contributed by atoms with Crippen molar-refractivity contribution in [3.63, 3.8) is 0 Å². The van der Waals surface area contributed by atoms with Crippen LogP contribution in [0.5, 0.6) is 0 Å². The van der Waals surface area contributed by atoms with E-state index in [-0.39, 0.29) is 0 Å². The Morgan fingerprint density at radius 3 is 1.71 bits per heavy atom. The van der Waals surface area contributed by atoms with Crippen molar-refractivity contribution < 1.29 is 4.42 Å². The van der Waals surface area contributed by atoms with Crippen LogP contribution in [0, 0.1) is 0 Å². The lowest BCUT2D eigenvalue weighted by Gasteiger charge is -2.25. The summed E-state index contributed by atoms with van der Waals surface area (Å²) in [5.74, 6) is 0. The van der Waals surface area contributed by atoms with Crippen molar-refractivity contribution in [2.75, 3.05) is 4.90 Å². The van der Waals surface area contributed by atoms with Gasteiger partial charge in [-0.1, -0.05) is 127 Å². The zero-order chi connectivity index (χ0) is 27.9. The van der Waals surface area contributed by atoms with Gasteiger partial charge in [-0.25, -0.2) is 0 Å². The minimum absolute atomic E-state index is 0.872. The summed E-state index contributed by atoms with van der Waals surface area (Å²) in [7, 11) is 0. The van der Waals surface area contributed by atoms with Gasteiger partial charge in [0, 0.05) is 27.7 Å². The third-order valence-corrected chi connectivity index (χ3v) is 8.04. The Hall–Kier alpha value is -5.60. The highest BCUT2D eigenvalue weighted by Crippen LogP contribution is 2.46. The molecule has 1 aromatic heterocycles. The van der Waals surface area contributed by atoms with Gasteiger partial charge in [-0.3, -0.25) is 0 Å². The zero-order valence-electron chi connectivity index (χ0n) is 22.9. The van der Waals surface area contributed by atoms with Crippen molar-refractivity contribution in [2.24, 2.45) is 0 Å². The molecule has 7 aromatic carbocycles. The summed E-state index contributed by atoms with van der Waals surface area (Å²) in [5, 5.41) is 4.66. The average molecular weight is 538 g/mol. The van der Waals surface area contributed by atoms with E-state index < -0.39 is 0 Å². The molecule has 0 unspecified atom stereocenters. The van der Waals surface area contributed by atoms with Crippen molar-refractivity contribution in [2.45, 2.75) is 0 Å². The summed E-state index contributed by atoms with van der Waals surface area (Å²) in [6.45, 7) is 0. The van der Waals surface area contributed by atoms with Crippen LogP contribution in [0.4, 0.5) is 17.1 Å². The maximum Gasteiger partial charge on any atom is 0.159 e. The molecule has 0 N–H and O–H groups in total. The quantitative estimate of drug-likeness (QED) is 0.217. The summed E-state index contributed by atoms with van der Waals surface area (Å²) in [6.07, 6.45) is 0. The Kier molecular flexibility index (Phi) is 5.82. The van der Waals surface area contributed by atoms with E-state index in [1.54, 1.807) is 0 Å². The number of para-hydroxylation sites is 2. The van der Waals surface area contributed by atoms with E-state index in [2.05, 4.69) is 169 Å². The third kappa shape index (κ3) is 4.05. The van der Waals surface area contributed by atoms with Crippen molar-refractivity contribution in [3.05, 3.63) is 164 Å². The number of benzene rings is 7. The van der Waals surface area contributed by atoms with Gasteiger partial charge in [-0.2, -0.15) is 0 Å². The first kappa shape index (κ1) is 24.2. The smallest absolute Gasteiger partial charge is 0.159 e. The number of rotatable bonds is 5. The molecule has 0 saturated heterocycles. The Balaban J connectivity index is 1.39. The monoisotopic (exact) mass is 537 g/mol. The van der Waals surface area contributed by atoms with Crippen molar-refractivity contribution in [3.8, 4) is 22.3 Å². The lowest BCUT2D eigenvalue weighted by atomic mass is 9.96. The van der Waals surface area contributed by atoms with Crippen molar-refractivity contribution >= 4 is 49.8 Å². The molecule has 0 saturated carbocycles. The summed E-state index contributed by atoms with van der Waals surface area (Å²) in [5.41, 5.74) is 9.57. The highest BCUT2D eigenvalue weighted by Gasteiger charge is 2.22. The molecule has 0 aliphatic carbocycles. The van der Waals surface area contributed by atoms with Gasteiger partial charge in [0.25, 0.3) is 0 Å². The van der Waals surface area contributed by atoms with E-state index in [4.69, 9.17) is 4.42 Å². The predicted octanol–water partition coefficient (Wildman–Crippen LogP) is 11.5. The molecule has 8 aromatic rings. The zero-order valence-corrected chi connectivity index (χ0v) is 22.9. The molecular weight excluding hydrogens is 510 g/mol. The molecule has 8 rings (SSSR count). The fraction of sp³-hybridized carbons (Fsp3) is 0. The second kappa shape index (κ2) is 10.1. The third-order valence-electron chi connectivity index (χ3n) is 8.04. The molecule has 2 heteroatoms. The molecule has 0 aliphatic heterocycles. The van der Waals surface area contributed by atoms with E-state index in [1.165, 1.54) is 21.9 Å². The van der Waals surface area contributed by atoms with E-state index in [0.717, 1.165) is 50.1 Å². The van der Waals surface area contributed by atoms with Crippen LogP contribution in [0.2, 0.25) is 0 Å². The molecule has 2 nitrogen and oxygen atoms in total. The molecule has 0 bridgehead atoms. The first-order valence-electron chi connectivity index (χ1n) is 14.3. The normalized spacial score (nSPS) is 11.3. The summed E-state index contributed by atoms with van der Waals surface area (Å²) < 4.78 is 6.95. The van der Waals surface area contributed by atoms with E-state index in [1.807, 2.05) is 0 Å². The van der Waals surface area contributed by atoms with Crippen LogP contribution in [-0.2, 0) is 0 Å². The molecule has 198 valence electrons. The number of fused-ring (bicyclic) bond motifs is 5. The molecule has 0 atom stereocenters. The highest BCUT2D eigenvalue weighted by atomic mass is 16.3. The van der Waals surface area contributed by atoms with Crippen LogP contribution in [0.1, 0.15) is 0 Å². The Bertz CT molecular complexity index is 2160. The SMILES string of the molecule is c1ccc(-c2ccc(N(c3ccccc3)c3cccc4c3oc3c(-c5ccccc5)cc5ccccc5c34)cc2)cc1. The minimum Gasteiger partial charge on any atom is -0.453 e. The fourth-order valence-corrected chi connectivity index (χ4v) is 6.08. The van der Waals surface area contributed by atoms with Gasteiger partial charge < -0.3 is 9.32 Å². The largest absolute Gasteiger partial charge is 0.453 e. The lowest BCUT2D eigenvalue weighted by molar-refractivity contribution is 0.670. The van der Waals surface area contributed by atoms with Crippen LogP contribution >= 0.6 is 0 Å². The first-order chi connectivity index (χ1) is 20.8. The lowest BCUT2D eigenvalue weighted by Crippen LogP contribution is -2.10. The summed E-state index contributed by atoms with van der Waals surface area (Å²) in [4.78, 5) is 2.30.